The zero-order valence-electron chi connectivity index (χ0n) is 8.67. The molecule has 2 N–H and O–H groups in total. The van der Waals surface area contributed by atoms with Crippen LogP contribution in [0.5, 0.6) is 0 Å². The Labute approximate surface area is 105 Å². The summed E-state index contributed by atoms with van der Waals surface area (Å²) in [6.07, 6.45) is 2.19. The summed E-state index contributed by atoms with van der Waals surface area (Å²) in [7, 11) is 0. The molecule has 0 aromatic heterocycles. The molecule has 1 atom stereocenters. The van der Waals surface area contributed by atoms with Gasteiger partial charge < -0.3 is 5.73 Å². The lowest BCUT2D eigenvalue weighted by Crippen LogP contribution is -2.22. The average Bonchev–Trinajstić information content (AvgIpc) is 2.20. The van der Waals surface area contributed by atoms with Crippen LogP contribution >= 0.6 is 35.0 Å². The van der Waals surface area contributed by atoms with Gasteiger partial charge in [-0.2, -0.15) is 0 Å². The summed E-state index contributed by atoms with van der Waals surface area (Å²) in [5.41, 5.74) is 5.92. The molecule has 0 saturated heterocycles. The normalized spacial score (nSPS) is 12.8. The Morgan fingerprint density at radius 2 is 2.07 bits per heavy atom. The van der Waals surface area contributed by atoms with Crippen LogP contribution in [0.15, 0.2) is 23.1 Å². The molecule has 0 amide bonds. The number of rotatable bonds is 5. The van der Waals surface area contributed by atoms with Crippen molar-refractivity contribution in [1.29, 1.82) is 0 Å². The van der Waals surface area contributed by atoms with Gasteiger partial charge in [-0.25, -0.2) is 0 Å². The summed E-state index contributed by atoms with van der Waals surface area (Å²) in [5.74, 6) is 0.922. The minimum Gasteiger partial charge on any atom is -0.327 e. The highest BCUT2D eigenvalue weighted by atomic mass is 35.5. The van der Waals surface area contributed by atoms with Gasteiger partial charge in [0.05, 0.1) is 10.0 Å². The van der Waals surface area contributed by atoms with E-state index in [0.717, 1.165) is 23.5 Å². The second-order valence-corrected chi connectivity index (χ2v) is 5.34. The van der Waals surface area contributed by atoms with Crippen molar-refractivity contribution < 1.29 is 0 Å². The second kappa shape index (κ2) is 6.64. The molecule has 1 rings (SSSR count). The molecule has 1 aromatic rings. The average molecular weight is 264 g/mol. The summed E-state index contributed by atoms with van der Waals surface area (Å²) in [6, 6.07) is 5.93. The van der Waals surface area contributed by atoms with Crippen LogP contribution in [0, 0.1) is 0 Å². The number of thioether (sulfide) groups is 1. The van der Waals surface area contributed by atoms with Gasteiger partial charge >= 0.3 is 0 Å². The molecule has 0 aliphatic heterocycles. The van der Waals surface area contributed by atoms with Gasteiger partial charge in [0.2, 0.25) is 0 Å². The molecule has 0 saturated carbocycles. The first-order valence-electron chi connectivity index (χ1n) is 4.97. The number of hydrogen-bond acceptors (Lipinski definition) is 2. The van der Waals surface area contributed by atoms with Gasteiger partial charge in [-0.1, -0.05) is 36.5 Å². The highest BCUT2D eigenvalue weighted by Crippen LogP contribution is 2.28. The number of hydrogen-bond donors (Lipinski definition) is 1. The van der Waals surface area contributed by atoms with Crippen LogP contribution < -0.4 is 5.73 Å². The van der Waals surface area contributed by atoms with E-state index < -0.39 is 0 Å². The number of nitrogens with two attached hydrogens (primary N) is 1. The molecule has 1 aromatic carbocycles. The maximum atomic E-state index is 5.92. The maximum absolute atomic E-state index is 5.92. The molecule has 0 aliphatic carbocycles. The molecular formula is C11H15Cl2NS. The molecule has 0 fully saturated rings. The third-order valence-electron chi connectivity index (χ3n) is 2.01. The van der Waals surface area contributed by atoms with Gasteiger partial charge in [-0.05, 0) is 24.6 Å². The van der Waals surface area contributed by atoms with Crippen molar-refractivity contribution in [3.05, 3.63) is 28.2 Å². The van der Waals surface area contributed by atoms with Crippen molar-refractivity contribution in [3.8, 4) is 0 Å². The van der Waals surface area contributed by atoms with Gasteiger partial charge in [0.25, 0.3) is 0 Å². The van der Waals surface area contributed by atoms with E-state index in [1.165, 1.54) is 0 Å². The SMILES string of the molecule is CCCC(N)CSc1ccc(Cl)c(Cl)c1. The number of halogens is 2. The predicted octanol–water partition coefficient (Wildman–Crippen LogP) is 4.21. The highest BCUT2D eigenvalue weighted by Gasteiger charge is 2.04. The lowest BCUT2D eigenvalue weighted by Gasteiger charge is -2.09. The van der Waals surface area contributed by atoms with E-state index in [1.807, 2.05) is 18.2 Å². The first kappa shape index (κ1) is 13.2. The standard InChI is InChI=1S/C11H15Cl2NS/c1-2-3-8(14)7-15-9-4-5-10(12)11(13)6-9/h4-6,8H,2-3,7,14H2,1H3. The summed E-state index contributed by atoms with van der Waals surface area (Å²) in [5, 5.41) is 1.20. The van der Waals surface area contributed by atoms with E-state index in [9.17, 15) is 0 Å². The summed E-state index contributed by atoms with van der Waals surface area (Å²) < 4.78 is 0. The van der Waals surface area contributed by atoms with Crippen molar-refractivity contribution in [2.45, 2.75) is 30.7 Å². The third kappa shape index (κ3) is 4.64. The van der Waals surface area contributed by atoms with Gasteiger partial charge in [-0.15, -0.1) is 11.8 Å². The first-order chi connectivity index (χ1) is 7.13. The molecule has 4 heteroatoms. The molecule has 1 nitrogen and oxygen atoms in total. The largest absolute Gasteiger partial charge is 0.327 e. The van der Waals surface area contributed by atoms with Crippen LogP contribution in [-0.2, 0) is 0 Å². The lowest BCUT2D eigenvalue weighted by atomic mass is 10.2. The van der Waals surface area contributed by atoms with Crippen molar-refractivity contribution in [2.24, 2.45) is 5.73 Å². The molecular weight excluding hydrogens is 249 g/mol. The fraction of sp³-hybridized carbons (Fsp3) is 0.455. The Morgan fingerprint density at radius 1 is 1.33 bits per heavy atom. The Balaban J connectivity index is 2.47. The van der Waals surface area contributed by atoms with Gasteiger partial charge in [0.1, 0.15) is 0 Å². The third-order valence-corrected chi connectivity index (χ3v) is 3.94. The van der Waals surface area contributed by atoms with Gasteiger partial charge in [0.15, 0.2) is 0 Å². The summed E-state index contributed by atoms with van der Waals surface area (Å²) in [4.78, 5) is 1.12. The lowest BCUT2D eigenvalue weighted by molar-refractivity contribution is 0.661. The fourth-order valence-electron chi connectivity index (χ4n) is 1.22. The topological polar surface area (TPSA) is 26.0 Å². The van der Waals surface area contributed by atoms with E-state index in [-0.39, 0.29) is 6.04 Å². The zero-order valence-corrected chi connectivity index (χ0v) is 11.0. The Bertz CT molecular complexity index is 317. The molecule has 84 valence electrons. The van der Waals surface area contributed by atoms with Crippen molar-refractivity contribution in [2.75, 3.05) is 5.75 Å². The Hall–Kier alpha value is 0.110. The molecule has 1 unspecified atom stereocenters. The maximum Gasteiger partial charge on any atom is 0.0603 e. The molecule has 0 heterocycles. The number of benzene rings is 1. The molecule has 15 heavy (non-hydrogen) atoms. The fourth-order valence-corrected chi connectivity index (χ4v) is 2.53. The van der Waals surface area contributed by atoms with Crippen LogP contribution in [0.2, 0.25) is 10.0 Å². The Kier molecular flexibility index (Phi) is 5.83. The van der Waals surface area contributed by atoms with Crippen LogP contribution in [0.1, 0.15) is 19.8 Å². The van der Waals surface area contributed by atoms with Crippen LogP contribution in [0.4, 0.5) is 0 Å². The van der Waals surface area contributed by atoms with Gasteiger partial charge in [-0.3, -0.25) is 0 Å². The van der Waals surface area contributed by atoms with Crippen LogP contribution in [-0.4, -0.2) is 11.8 Å². The summed E-state index contributed by atoms with van der Waals surface area (Å²) in [6.45, 7) is 2.14. The van der Waals surface area contributed by atoms with Crippen LogP contribution in [0.3, 0.4) is 0 Å². The molecule has 0 bridgehead atoms. The highest BCUT2D eigenvalue weighted by molar-refractivity contribution is 7.99. The molecule has 0 spiro atoms. The van der Waals surface area contributed by atoms with Crippen LogP contribution in [0.25, 0.3) is 0 Å². The monoisotopic (exact) mass is 263 g/mol. The minimum atomic E-state index is 0.259. The molecule has 0 aliphatic rings. The van der Waals surface area contributed by atoms with E-state index in [1.54, 1.807) is 11.8 Å². The summed E-state index contributed by atoms with van der Waals surface area (Å²) >= 11 is 13.5. The van der Waals surface area contributed by atoms with E-state index >= 15 is 0 Å². The predicted molar refractivity (Wildman–Crippen MR) is 70.1 cm³/mol. The second-order valence-electron chi connectivity index (χ2n) is 3.44. The Morgan fingerprint density at radius 3 is 2.67 bits per heavy atom. The zero-order chi connectivity index (χ0) is 11.3. The van der Waals surface area contributed by atoms with Crippen molar-refractivity contribution >= 4 is 35.0 Å². The van der Waals surface area contributed by atoms with E-state index in [2.05, 4.69) is 6.92 Å². The van der Waals surface area contributed by atoms with E-state index in [4.69, 9.17) is 28.9 Å². The smallest absolute Gasteiger partial charge is 0.0603 e. The van der Waals surface area contributed by atoms with Crippen molar-refractivity contribution in [1.82, 2.24) is 0 Å². The van der Waals surface area contributed by atoms with Crippen molar-refractivity contribution in [3.63, 3.8) is 0 Å². The quantitative estimate of drug-likeness (QED) is 0.806. The molecule has 0 radical (unpaired) electrons. The van der Waals surface area contributed by atoms with E-state index in [0.29, 0.717) is 10.0 Å². The van der Waals surface area contributed by atoms with Gasteiger partial charge in [0, 0.05) is 16.7 Å². The first-order valence-corrected chi connectivity index (χ1v) is 6.71. The minimum absolute atomic E-state index is 0.259.